The van der Waals surface area contributed by atoms with Crippen molar-refractivity contribution in [2.24, 2.45) is 11.7 Å². The highest BCUT2D eigenvalue weighted by molar-refractivity contribution is 7.25. The number of nitrogens with two attached hydrogens (primary N) is 1. The van der Waals surface area contributed by atoms with Gasteiger partial charge >= 0.3 is 0 Å². The zero-order valence-electron chi connectivity index (χ0n) is 6.59. The van der Waals surface area contributed by atoms with E-state index >= 15 is 0 Å². The van der Waals surface area contributed by atoms with Crippen molar-refractivity contribution in [3.63, 3.8) is 0 Å². The van der Waals surface area contributed by atoms with Crippen LogP contribution in [0.2, 0.25) is 0 Å². The van der Waals surface area contributed by atoms with Crippen molar-refractivity contribution in [3.8, 4) is 0 Å². The average Bonchev–Trinajstić information content (AvgIpc) is 2.40. The van der Waals surface area contributed by atoms with Gasteiger partial charge in [-0.1, -0.05) is 0 Å². The van der Waals surface area contributed by atoms with Crippen LogP contribution in [-0.4, -0.2) is 29.5 Å². The summed E-state index contributed by atoms with van der Waals surface area (Å²) in [4.78, 5) is 0. The molecule has 1 aliphatic rings. The van der Waals surface area contributed by atoms with Crippen molar-refractivity contribution in [1.29, 1.82) is 0 Å². The van der Waals surface area contributed by atoms with Crippen LogP contribution in [0.25, 0.3) is 0 Å². The molecule has 0 spiro atoms. The molecule has 0 saturated heterocycles. The summed E-state index contributed by atoms with van der Waals surface area (Å²) < 4.78 is 15.8. The number of rotatable bonds is 3. The Balaban J connectivity index is 2.67. The fraction of sp³-hybridized carbons (Fsp3) is 1.00. The second-order valence-electron chi connectivity index (χ2n) is 3.04. The largest absolute Gasteiger partial charge is 0.396 e. The van der Waals surface area contributed by atoms with Crippen molar-refractivity contribution >= 4 is 17.9 Å². The van der Waals surface area contributed by atoms with Crippen molar-refractivity contribution in [2.75, 3.05) is 6.61 Å². The van der Waals surface area contributed by atoms with Gasteiger partial charge in [0.15, 0.2) is 8.46 Å². The van der Waals surface area contributed by atoms with E-state index in [0.717, 1.165) is 0 Å². The Hall–Kier alpha value is 0.410. The quantitative estimate of drug-likeness (QED) is 0.649. The van der Waals surface area contributed by atoms with E-state index in [1.807, 2.05) is 0 Å². The Morgan fingerprint density at radius 2 is 2.42 bits per heavy atom. The lowest BCUT2D eigenvalue weighted by Crippen LogP contribution is -2.34. The van der Waals surface area contributed by atoms with Gasteiger partial charge in [0.1, 0.15) is 0 Å². The van der Waals surface area contributed by atoms with Gasteiger partial charge in [-0.3, -0.25) is 4.57 Å². The lowest BCUT2D eigenvalue weighted by molar-refractivity contribution is 0.202. The molecule has 6 heteroatoms. The molecule has 4 nitrogen and oxygen atoms in total. The van der Waals surface area contributed by atoms with E-state index in [1.165, 1.54) is 0 Å². The van der Waals surface area contributed by atoms with Crippen LogP contribution in [0.15, 0.2) is 0 Å². The zero-order valence-corrected chi connectivity index (χ0v) is 8.64. The number of hydrogen-bond acceptors (Lipinski definition) is 4. The van der Waals surface area contributed by atoms with E-state index in [0.29, 0.717) is 6.42 Å². The summed E-state index contributed by atoms with van der Waals surface area (Å²) >= 11 is 0. The minimum atomic E-state index is -0.216. The van der Waals surface area contributed by atoms with Gasteiger partial charge in [-0.05, 0) is 12.3 Å². The van der Waals surface area contributed by atoms with E-state index in [-0.39, 0.29) is 38.8 Å². The number of hydrogen-bond donors (Lipinski definition) is 2. The van der Waals surface area contributed by atoms with Crippen LogP contribution < -0.4 is 5.73 Å². The minimum Gasteiger partial charge on any atom is -0.396 e. The van der Waals surface area contributed by atoms with Crippen molar-refractivity contribution in [2.45, 2.75) is 24.2 Å². The first-order valence-corrected chi connectivity index (χ1v) is 5.14. The third kappa shape index (κ3) is 1.84. The highest BCUT2D eigenvalue weighted by atomic mass is 31.1. The SMILES string of the molecule is N[C@@H]1C[C@H](CO)[C@@H](P=O)[C@H]1OP. The first kappa shape index (κ1) is 10.5. The van der Waals surface area contributed by atoms with Crippen LogP contribution in [0.1, 0.15) is 6.42 Å². The minimum absolute atomic E-state index is 0.00437. The first-order valence-electron chi connectivity index (χ1n) is 3.79. The molecule has 1 unspecified atom stereocenters. The molecule has 1 saturated carbocycles. The van der Waals surface area contributed by atoms with Gasteiger partial charge in [-0.2, -0.15) is 0 Å². The molecule has 0 radical (unpaired) electrons. The first-order chi connectivity index (χ1) is 5.74. The van der Waals surface area contributed by atoms with Crippen molar-refractivity contribution in [1.82, 2.24) is 0 Å². The Morgan fingerprint density at radius 3 is 2.83 bits per heavy atom. The molecule has 0 heterocycles. The van der Waals surface area contributed by atoms with Gasteiger partial charge in [-0.25, -0.2) is 0 Å². The summed E-state index contributed by atoms with van der Waals surface area (Å²) in [6, 6.07) is -0.119. The Labute approximate surface area is 75.3 Å². The summed E-state index contributed by atoms with van der Waals surface area (Å²) in [6.45, 7) is 0.0259. The molecular weight excluding hydrogens is 196 g/mol. The Kier molecular flexibility index (Phi) is 4.01. The Morgan fingerprint density at radius 1 is 1.75 bits per heavy atom. The molecular formula is C6H13NO3P2. The van der Waals surface area contributed by atoms with E-state index in [2.05, 4.69) is 9.47 Å². The summed E-state index contributed by atoms with van der Waals surface area (Å²) in [5.74, 6) is 0.00437. The van der Waals surface area contributed by atoms with E-state index in [9.17, 15) is 4.57 Å². The van der Waals surface area contributed by atoms with E-state index < -0.39 is 0 Å². The van der Waals surface area contributed by atoms with Gasteiger partial charge in [-0.15, -0.1) is 0 Å². The maximum Gasteiger partial charge on any atom is 0.161 e. The van der Waals surface area contributed by atoms with Gasteiger partial charge in [0.2, 0.25) is 0 Å². The van der Waals surface area contributed by atoms with Gasteiger partial charge in [0.05, 0.1) is 11.8 Å². The van der Waals surface area contributed by atoms with Gasteiger partial charge < -0.3 is 15.4 Å². The van der Waals surface area contributed by atoms with Crippen molar-refractivity contribution < 1.29 is 14.2 Å². The van der Waals surface area contributed by atoms with Crippen LogP contribution in [0, 0.1) is 5.92 Å². The standard InChI is InChI=1S/C6H13NO3P2/c7-4-1-3(2-8)6(12-9)5(4)10-11/h3-6,8H,1-2,7,11H2/t3-,4-,5+,6-/m1/s1. The molecule has 0 amide bonds. The van der Waals surface area contributed by atoms with Crippen LogP contribution in [0.3, 0.4) is 0 Å². The third-order valence-electron chi connectivity index (χ3n) is 2.33. The monoisotopic (exact) mass is 209 g/mol. The van der Waals surface area contributed by atoms with Gasteiger partial charge in [0.25, 0.3) is 0 Å². The predicted molar refractivity (Wildman–Crippen MR) is 49.1 cm³/mol. The van der Waals surface area contributed by atoms with E-state index in [1.54, 1.807) is 0 Å². The van der Waals surface area contributed by atoms with Crippen LogP contribution in [0.4, 0.5) is 0 Å². The molecule has 5 atom stereocenters. The zero-order chi connectivity index (χ0) is 9.14. The third-order valence-corrected chi connectivity index (χ3v) is 3.60. The molecule has 70 valence electrons. The molecule has 0 aliphatic heterocycles. The molecule has 3 N–H and O–H groups in total. The molecule has 12 heavy (non-hydrogen) atoms. The smallest absolute Gasteiger partial charge is 0.161 e. The maximum atomic E-state index is 10.7. The number of aliphatic hydroxyl groups excluding tert-OH is 1. The molecule has 1 aliphatic carbocycles. The van der Waals surface area contributed by atoms with E-state index in [4.69, 9.17) is 15.4 Å². The average molecular weight is 209 g/mol. The lowest BCUT2D eigenvalue weighted by Gasteiger charge is -2.16. The van der Waals surface area contributed by atoms with Crippen LogP contribution in [0.5, 0.6) is 0 Å². The highest BCUT2D eigenvalue weighted by Crippen LogP contribution is 2.36. The second-order valence-corrected chi connectivity index (χ2v) is 4.12. The highest BCUT2D eigenvalue weighted by Gasteiger charge is 2.42. The summed E-state index contributed by atoms with van der Waals surface area (Å²) in [5, 5.41) is 8.94. The molecule has 0 aromatic rings. The maximum absolute atomic E-state index is 10.7. The molecule has 1 rings (SSSR count). The van der Waals surface area contributed by atoms with Crippen molar-refractivity contribution in [3.05, 3.63) is 0 Å². The predicted octanol–water partition coefficient (Wildman–Crippen LogP) is 0.161. The fourth-order valence-corrected chi connectivity index (χ4v) is 2.96. The topological polar surface area (TPSA) is 72.5 Å². The number of aliphatic hydroxyl groups is 1. The summed E-state index contributed by atoms with van der Waals surface area (Å²) in [6.07, 6.45) is 0.460. The molecule has 0 aromatic carbocycles. The molecule has 0 bridgehead atoms. The normalized spacial score (nSPS) is 42.2. The summed E-state index contributed by atoms with van der Waals surface area (Å²) in [7, 11) is 2.14. The van der Waals surface area contributed by atoms with Crippen LogP contribution in [-0.2, 0) is 9.09 Å². The Bertz CT molecular complexity index is 169. The fourth-order valence-electron chi connectivity index (χ4n) is 1.65. The second kappa shape index (κ2) is 4.59. The summed E-state index contributed by atoms with van der Waals surface area (Å²) in [5.41, 5.74) is 5.56. The molecule has 0 aromatic heterocycles. The lowest BCUT2D eigenvalue weighted by atomic mass is 10.1. The molecule has 1 fully saturated rings. The van der Waals surface area contributed by atoms with Gasteiger partial charge in [0, 0.05) is 22.1 Å². The van der Waals surface area contributed by atoms with Crippen LogP contribution >= 0.6 is 17.9 Å².